The zero-order valence-corrected chi connectivity index (χ0v) is 12.6. The minimum absolute atomic E-state index is 0.0635. The maximum absolute atomic E-state index is 12.8. The van der Waals surface area contributed by atoms with Crippen LogP contribution in [0.5, 0.6) is 0 Å². The van der Waals surface area contributed by atoms with E-state index < -0.39 is 10.2 Å². The fraction of sp³-hybridized carbons (Fsp3) is 0.571. The van der Waals surface area contributed by atoms with Crippen molar-refractivity contribution in [2.75, 3.05) is 23.9 Å². The van der Waals surface area contributed by atoms with Crippen LogP contribution in [0.3, 0.4) is 0 Å². The number of anilines is 1. The average Bonchev–Trinajstić information content (AvgIpc) is 2.82. The molecule has 0 aromatic heterocycles. The van der Waals surface area contributed by atoms with Gasteiger partial charge >= 0.3 is 10.2 Å². The molecule has 0 bridgehead atoms. The average molecular weight is 296 g/mol. The lowest BCUT2D eigenvalue weighted by atomic mass is 10.2. The van der Waals surface area contributed by atoms with Gasteiger partial charge in [0, 0.05) is 19.6 Å². The highest BCUT2D eigenvalue weighted by atomic mass is 32.2. The van der Waals surface area contributed by atoms with E-state index in [1.165, 1.54) is 4.31 Å². The molecule has 0 spiro atoms. The summed E-state index contributed by atoms with van der Waals surface area (Å²) in [5.41, 5.74) is 1.92. The monoisotopic (exact) mass is 296 g/mol. The van der Waals surface area contributed by atoms with Crippen molar-refractivity contribution in [3.05, 3.63) is 29.8 Å². The minimum Gasteiger partial charge on any atom is -0.373 e. The Balaban J connectivity index is 1.90. The molecule has 0 amide bonds. The first-order chi connectivity index (χ1) is 9.48. The Morgan fingerprint density at radius 1 is 1.15 bits per heavy atom. The fourth-order valence-corrected chi connectivity index (χ4v) is 4.83. The smallest absolute Gasteiger partial charge is 0.304 e. The Kier molecular flexibility index (Phi) is 3.48. The van der Waals surface area contributed by atoms with Crippen molar-refractivity contribution in [1.82, 2.24) is 4.31 Å². The first kappa shape index (κ1) is 13.9. The molecule has 2 aliphatic rings. The van der Waals surface area contributed by atoms with E-state index in [1.807, 2.05) is 38.1 Å². The number of rotatable bonds is 2. The number of ether oxygens (including phenoxy) is 1. The van der Waals surface area contributed by atoms with Gasteiger partial charge < -0.3 is 4.74 Å². The maximum atomic E-state index is 12.8. The highest BCUT2D eigenvalue weighted by Crippen LogP contribution is 2.31. The number of hydrogen-bond acceptors (Lipinski definition) is 3. The largest absolute Gasteiger partial charge is 0.373 e. The van der Waals surface area contributed by atoms with Gasteiger partial charge in [0.1, 0.15) is 0 Å². The molecular formula is C14H20N2O3S. The van der Waals surface area contributed by atoms with E-state index in [0.717, 1.165) is 17.7 Å². The predicted molar refractivity (Wildman–Crippen MR) is 78.0 cm³/mol. The van der Waals surface area contributed by atoms with E-state index in [9.17, 15) is 8.42 Å². The Morgan fingerprint density at radius 3 is 2.50 bits per heavy atom. The predicted octanol–water partition coefficient (Wildman–Crippen LogP) is 1.40. The normalized spacial score (nSPS) is 27.6. The van der Waals surface area contributed by atoms with Crippen molar-refractivity contribution in [1.29, 1.82) is 0 Å². The SMILES string of the molecule is C[C@@H]1CN(S(=O)(=O)N2CCc3ccccc32)C[C@H](C)O1. The van der Waals surface area contributed by atoms with Crippen LogP contribution in [0, 0.1) is 0 Å². The molecule has 0 aliphatic carbocycles. The van der Waals surface area contributed by atoms with Crippen LogP contribution in [0.2, 0.25) is 0 Å². The van der Waals surface area contributed by atoms with Crippen molar-refractivity contribution >= 4 is 15.9 Å². The van der Waals surface area contributed by atoms with Gasteiger partial charge in [-0.3, -0.25) is 4.31 Å². The molecule has 2 aliphatic heterocycles. The third kappa shape index (κ3) is 2.32. The quantitative estimate of drug-likeness (QED) is 0.829. The van der Waals surface area contributed by atoms with E-state index in [4.69, 9.17) is 4.74 Å². The van der Waals surface area contributed by atoms with Gasteiger partial charge in [0.15, 0.2) is 0 Å². The molecule has 110 valence electrons. The summed E-state index contributed by atoms with van der Waals surface area (Å²) in [6.07, 6.45) is 0.656. The van der Waals surface area contributed by atoms with Gasteiger partial charge in [-0.25, -0.2) is 0 Å². The fourth-order valence-electron chi connectivity index (χ4n) is 3.01. The molecule has 0 radical (unpaired) electrons. The number of morpholine rings is 1. The molecule has 0 N–H and O–H groups in total. The van der Waals surface area contributed by atoms with Crippen molar-refractivity contribution in [3.63, 3.8) is 0 Å². The van der Waals surface area contributed by atoms with Gasteiger partial charge in [-0.2, -0.15) is 12.7 Å². The number of para-hydroxylation sites is 1. The molecule has 1 saturated heterocycles. The lowest BCUT2D eigenvalue weighted by Gasteiger charge is -2.37. The third-order valence-electron chi connectivity index (χ3n) is 3.84. The van der Waals surface area contributed by atoms with Gasteiger partial charge in [-0.1, -0.05) is 18.2 Å². The highest BCUT2D eigenvalue weighted by molar-refractivity contribution is 7.90. The van der Waals surface area contributed by atoms with Gasteiger partial charge in [0.05, 0.1) is 17.9 Å². The Morgan fingerprint density at radius 2 is 1.80 bits per heavy atom. The summed E-state index contributed by atoms with van der Waals surface area (Å²) in [6, 6.07) is 7.72. The summed E-state index contributed by atoms with van der Waals surface area (Å²) in [6.45, 7) is 5.20. The summed E-state index contributed by atoms with van der Waals surface area (Å²) in [5.74, 6) is 0. The van der Waals surface area contributed by atoms with Gasteiger partial charge in [-0.05, 0) is 31.9 Å². The third-order valence-corrected chi connectivity index (χ3v) is 5.72. The van der Waals surface area contributed by atoms with Crippen molar-refractivity contribution in [2.24, 2.45) is 0 Å². The lowest BCUT2D eigenvalue weighted by molar-refractivity contribution is -0.0441. The van der Waals surface area contributed by atoms with Crippen molar-refractivity contribution < 1.29 is 13.2 Å². The maximum Gasteiger partial charge on any atom is 0.304 e. The van der Waals surface area contributed by atoms with E-state index in [-0.39, 0.29) is 12.2 Å². The topological polar surface area (TPSA) is 49.9 Å². The Labute approximate surface area is 120 Å². The second-order valence-electron chi connectivity index (χ2n) is 5.53. The lowest BCUT2D eigenvalue weighted by Crippen LogP contribution is -2.52. The molecule has 2 heterocycles. The summed E-state index contributed by atoms with van der Waals surface area (Å²) in [4.78, 5) is 0. The van der Waals surface area contributed by atoms with Crippen molar-refractivity contribution in [3.8, 4) is 0 Å². The first-order valence-electron chi connectivity index (χ1n) is 6.99. The summed E-state index contributed by atoms with van der Waals surface area (Å²) in [5, 5.41) is 0. The Hall–Kier alpha value is -1.11. The molecule has 5 nitrogen and oxygen atoms in total. The summed E-state index contributed by atoms with van der Waals surface area (Å²) < 4.78 is 34.4. The molecular weight excluding hydrogens is 276 g/mol. The van der Waals surface area contributed by atoms with Crippen LogP contribution in [0.1, 0.15) is 19.4 Å². The molecule has 2 atom stereocenters. The molecule has 20 heavy (non-hydrogen) atoms. The number of nitrogens with zero attached hydrogens (tertiary/aromatic N) is 2. The molecule has 0 saturated carbocycles. The molecule has 1 aromatic carbocycles. The molecule has 1 fully saturated rings. The highest BCUT2D eigenvalue weighted by Gasteiger charge is 2.37. The molecule has 1 aromatic rings. The zero-order chi connectivity index (χ0) is 14.3. The summed E-state index contributed by atoms with van der Waals surface area (Å²) >= 11 is 0. The van der Waals surface area contributed by atoms with Gasteiger partial charge in [0.2, 0.25) is 0 Å². The van der Waals surface area contributed by atoms with E-state index >= 15 is 0 Å². The zero-order valence-electron chi connectivity index (χ0n) is 11.8. The van der Waals surface area contributed by atoms with Crippen LogP contribution in [0.15, 0.2) is 24.3 Å². The second-order valence-corrected chi connectivity index (χ2v) is 7.39. The number of benzene rings is 1. The van der Waals surface area contributed by atoms with Crippen LogP contribution in [0.25, 0.3) is 0 Å². The molecule has 6 heteroatoms. The second kappa shape index (κ2) is 5.02. The number of fused-ring (bicyclic) bond motifs is 1. The van der Waals surface area contributed by atoms with Crippen LogP contribution < -0.4 is 4.31 Å². The standard InChI is InChI=1S/C14H20N2O3S/c1-11-9-15(10-12(2)19-11)20(17,18)16-8-7-13-5-3-4-6-14(13)16/h3-6,11-12H,7-10H2,1-2H3/t11-,12+. The number of hydrogen-bond donors (Lipinski definition) is 0. The minimum atomic E-state index is -3.45. The first-order valence-corrected chi connectivity index (χ1v) is 8.39. The van der Waals surface area contributed by atoms with E-state index in [2.05, 4.69) is 0 Å². The van der Waals surface area contributed by atoms with Crippen LogP contribution in [0.4, 0.5) is 5.69 Å². The van der Waals surface area contributed by atoms with E-state index in [1.54, 1.807) is 4.31 Å². The van der Waals surface area contributed by atoms with Gasteiger partial charge in [0.25, 0.3) is 0 Å². The van der Waals surface area contributed by atoms with Gasteiger partial charge in [-0.15, -0.1) is 0 Å². The molecule has 0 unspecified atom stereocenters. The van der Waals surface area contributed by atoms with Crippen molar-refractivity contribution in [2.45, 2.75) is 32.5 Å². The Bertz CT molecular complexity index is 592. The van der Waals surface area contributed by atoms with Crippen LogP contribution in [-0.2, 0) is 21.4 Å². The van der Waals surface area contributed by atoms with E-state index in [0.29, 0.717) is 19.6 Å². The summed E-state index contributed by atoms with van der Waals surface area (Å²) in [7, 11) is -3.45. The van der Waals surface area contributed by atoms with Crippen LogP contribution >= 0.6 is 0 Å². The molecule has 3 rings (SSSR count). The van der Waals surface area contributed by atoms with Crippen LogP contribution in [-0.4, -0.2) is 44.6 Å².